The number of carboxylic acids is 1. The van der Waals surface area contributed by atoms with Gasteiger partial charge in [0.15, 0.2) is 0 Å². The molecule has 0 fully saturated rings. The fourth-order valence-corrected chi connectivity index (χ4v) is 1.44. The summed E-state index contributed by atoms with van der Waals surface area (Å²) in [4.78, 5) is 10.9. The lowest BCUT2D eigenvalue weighted by atomic mass is 9.95. The van der Waals surface area contributed by atoms with Gasteiger partial charge in [-0.2, -0.15) is 0 Å². The first kappa shape index (κ1) is 11.5. The molecule has 2 unspecified atom stereocenters. The van der Waals surface area contributed by atoms with Crippen molar-refractivity contribution in [2.75, 3.05) is 7.11 Å². The first-order valence-corrected chi connectivity index (χ1v) is 4.57. The van der Waals surface area contributed by atoms with Crippen molar-refractivity contribution in [3.63, 3.8) is 0 Å². The zero-order valence-corrected chi connectivity index (χ0v) is 8.61. The highest BCUT2D eigenvalue weighted by Gasteiger charge is 2.26. The number of rotatable bonds is 4. The summed E-state index contributed by atoms with van der Waals surface area (Å²) in [5.74, 6) is -1.78. The van der Waals surface area contributed by atoms with Gasteiger partial charge in [-0.25, -0.2) is 4.39 Å². The van der Waals surface area contributed by atoms with E-state index in [0.29, 0.717) is 11.3 Å². The minimum absolute atomic E-state index is 0.414. The molecular formula is C11H13FO3. The van der Waals surface area contributed by atoms with E-state index in [1.807, 2.05) is 0 Å². The molecule has 1 N–H and O–H groups in total. The fraction of sp³-hybridized carbons (Fsp3) is 0.364. The molecule has 0 aliphatic carbocycles. The number of halogens is 1. The molecule has 0 saturated carbocycles. The third kappa shape index (κ3) is 2.68. The van der Waals surface area contributed by atoms with Crippen molar-refractivity contribution in [2.45, 2.75) is 19.0 Å². The predicted octanol–water partition coefficient (Wildman–Crippen LogP) is 2.22. The van der Waals surface area contributed by atoms with Crippen molar-refractivity contribution in [2.24, 2.45) is 0 Å². The average molecular weight is 212 g/mol. The Morgan fingerprint density at radius 3 is 2.67 bits per heavy atom. The van der Waals surface area contributed by atoms with Crippen molar-refractivity contribution >= 4 is 5.97 Å². The van der Waals surface area contributed by atoms with Crippen LogP contribution in [0.1, 0.15) is 18.4 Å². The predicted molar refractivity (Wildman–Crippen MR) is 53.9 cm³/mol. The zero-order chi connectivity index (χ0) is 11.4. The number of hydrogen-bond donors (Lipinski definition) is 1. The summed E-state index contributed by atoms with van der Waals surface area (Å²) >= 11 is 0. The van der Waals surface area contributed by atoms with Crippen LogP contribution in [0.25, 0.3) is 0 Å². The van der Waals surface area contributed by atoms with Crippen molar-refractivity contribution in [1.82, 2.24) is 0 Å². The van der Waals surface area contributed by atoms with Gasteiger partial charge < -0.3 is 9.84 Å². The van der Waals surface area contributed by atoms with Crippen LogP contribution in [0.2, 0.25) is 0 Å². The van der Waals surface area contributed by atoms with Crippen LogP contribution >= 0.6 is 0 Å². The molecular weight excluding hydrogens is 199 g/mol. The number of alkyl halides is 1. The van der Waals surface area contributed by atoms with E-state index in [1.165, 1.54) is 20.1 Å². The first-order chi connectivity index (χ1) is 7.06. The normalized spacial score (nSPS) is 14.3. The number of hydrogen-bond acceptors (Lipinski definition) is 2. The molecule has 15 heavy (non-hydrogen) atoms. The highest BCUT2D eigenvalue weighted by atomic mass is 19.1. The Balaban J connectivity index is 3.05. The van der Waals surface area contributed by atoms with Crippen LogP contribution in [0, 0.1) is 0 Å². The second-order valence-corrected chi connectivity index (χ2v) is 3.27. The average Bonchev–Trinajstić information content (AvgIpc) is 2.17. The molecule has 1 rings (SSSR count). The maximum Gasteiger partial charge on any atom is 0.313 e. The van der Waals surface area contributed by atoms with Gasteiger partial charge in [-0.3, -0.25) is 4.79 Å². The summed E-state index contributed by atoms with van der Waals surface area (Å²) in [5, 5.41) is 8.88. The van der Waals surface area contributed by atoms with Crippen LogP contribution < -0.4 is 4.74 Å². The molecule has 2 atom stereocenters. The van der Waals surface area contributed by atoms with E-state index in [9.17, 15) is 9.18 Å². The van der Waals surface area contributed by atoms with E-state index in [2.05, 4.69) is 0 Å². The van der Waals surface area contributed by atoms with Crippen molar-refractivity contribution in [3.05, 3.63) is 29.8 Å². The van der Waals surface area contributed by atoms with Gasteiger partial charge in [-0.15, -0.1) is 0 Å². The quantitative estimate of drug-likeness (QED) is 0.832. The summed E-state index contributed by atoms with van der Waals surface area (Å²) in [6.45, 7) is 1.23. The lowest BCUT2D eigenvalue weighted by molar-refractivity contribution is -0.140. The second-order valence-electron chi connectivity index (χ2n) is 3.27. The molecule has 0 radical (unpaired) electrons. The number of carboxylic acid groups (broad SMARTS) is 1. The Morgan fingerprint density at radius 1 is 1.53 bits per heavy atom. The molecule has 3 nitrogen and oxygen atoms in total. The molecule has 0 aromatic heterocycles. The Morgan fingerprint density at radius 2 is 2.20 bits per heavy atom. The first-order valence-electron chi connectivity index (χ1n) is 4.57. The van der Waals surface area contributed by atoms with Gasteiger partial charge in [0, 0.05) is 0 Å². The lowest BCUT2D eigenvalue weighted by Crippen LogP contribution is -2.20. The highest BCUT2D eigenvalue weighted by molar-refractivity contribution is 5.77. The third-order valence-electron chi connectivity index (χ3n) is 2.18. The minimum atomic E-state index is -1.44. The Kier molecular flexibility index (Phi) is 3.66. The molecule has 1 aromatic carbocycles. The molecule has 1 aromatic rings. The van der Waals surface area contributed by atoms with Gasteiger partial charge in [0.2, 0.25) is 0 Å². The summed E-state index contributed by atoms with van der Waals surface area (Å²) in [6.07, 6.45) is -1.44. The van der Waals surface area contributed by atoms with Gasteiger partial charge in [0.05, 0.1) is 7.11 Å². The fourth-order valence-electron chi connectivity index (χ4n) is 1.44. The summed E-state index contributed by atoms with van der Waals surface area (Å²) in [5.41, 5.74) is 0.414. The van der Waals surface area contributed by atoms with Crippen molar-refractivity contribution in [1.29, 1.82) is 0 Å². The van der Waals surface area contributed by atoms with Crippen LogP contribution in [0.3, 0.4) is 0 Å². The van der Waals surface area contributed by atoms with E-state index >= 15 is 0 Å². The van der Waals surface area contributed by atoms with Crippen LogP contribution in [0.5, 0.6) is 5.75 Å². The molecule has 0 bridgehead atoms. The number of carbonyl (C=O) groups is 1. The van der Waals surface area contributed by atoms with Gasteiger partial charge in [-0.05, 0) is 24.6 Å². The van der Waals surface area contributed by atoms with Crippen LogP contribution in [0.4, 0.5) is 4.39 Å². The third-order valence-corrected chi connectivity index (χ3v) is 2.18. The number of ether oxygens (including phenoxy) is 1. The molecule has 0 saturated heterocycles. The largest absolute Gasteiger partial charge is 0.497 e. The number of benzene rings is 1. The van der Waals surface area contributed by atoms with Crippen molar-refractivity contribution < 1.29 is 19.0 Å². The molecule has 0 aliphatic heterocycles. The maximum absolute atomic E-state index is 13.1. The SMILES string of the molecule is COc1cccc(C(C(=O)O)C(C)F)c1. The summed E-state index contributed by atoms with van der Waals surface area (Å²) in [7, 11) is 1.48. The number of aliphatic carboxylic acids is 1. The van der Waals surface area contributed by atoms with E-state index in [1.54, 1.807) is 18.2 Å². The lowest BCUT2D eigenvalue weighted by Gasteiger charge is -2.14. The molecule has 0 heterocycles. The Hall–Kier alpha value is -1.58. The summed E-state index contributed by atoms with van der Waals surface area (Å²) in [6, 6.07) is 6.45. The van der Waals surface area contributed by atoms with E-state index in [0.717, 1.165) is 0 Å². The molecule has 82 valence electrons. The van der Waals surface area contributed by atoms with E-state index < -0.39 is 18.1 Å². The molecule has 0 aliphatic rings. The number of methoxy groups -OCH3 is 1. The second kappa shape index (κ2) is 4.77. The summed E-state index contributed by atoms with van der Waals surface area (Å²) < 4.78 is 18.1. The molecule has 0 amide bonds. The Labute approximate surface area is 87.5 Å². The van der Waals surface area contributed by atoms with Crippen LogP contribution in [0.15, 0.2) is 24.3 Å². The monoisotopic (exact) mass is 212 g/mol. The zero-order valence-electron chi connectivity index (χ0n) is 8.61. The van der Waals surface area contributed by atoms with E-state index in [4.69, 9.17) is 9.84 Å². The smallest absolute Gasteiger partial charge is 0.313 e. The van der Waals surface area contributed by atoms with E-state index in [-0.39, 0.29) is 0 Å². The Bertz CT molecular complexity index is 349. The van der Waals surface area contributed by atoms with Gasteiger partial charge in [-0.1, -0.05) is 12.1 Å². The highest BCUT2D eigenvalue weighted by Crippen LogP contribution is 2.25. The van der Waals surface area contributed by atoms with Gasteiger partial charge >= 0.3 is 5.97 Å². The standard InChI is InChI=1S/C11H13FO3/c1-7(12)10(11(13)14)8-4-3-5-9(6-8)15-2/h3-7,10H,1-2H3,(H,13,14). The topological polar surface area (TPSA) is 46.5 Å². The van der Waals surface area contributed by atoms with Gasteiger partial charge in [0.1, 0.15) is 17.8 Å². The molecule has 4 heteroatoms. The van der Waals surface area contributed by atoms with Gasteiger partial charge in [0.25, 0.3) is 0 Å². The van der Waals surface area contributed by atoms with Crippen molar-refractivity contribution in [3.8, 4) is 5.75 Å². The minimum Gasteiger partial charge on any atom is -0.497 e. The van der Waals surface area contributed by atoms with Crippen LogP contribution in [-0.2, 0) is 4.79 Å². The molecule has 0 spiro atoms. The van der Waals surface area contributed by atoms with Crippen LogP contribution in [-0.4, -0.2) is 24.4 Å². The maximum atomic E-state index is 13.1.